The van der Waals surface area contributed by atoms with Crippen molar-refractivity contribution in [2.75, 3.05) is 37.6 Å². The van der Waals surface area contributed by atoms with Crippen LogP contribution in [-0.4, -0.2) is 59.5 Å². The molecule has 1 aliphatic heterocycles. The Morgan fingerprint density at radius 2 is 2.29 bits per heavy atom. The van der Waals surface area contributed by atoms with Crippen molar-refractivity contribution < 1.29 is 24.2 Å². The highest BCUT2D eigenvalue weighted by atomic mass is 16.5. The second-order valence-corrected chi connectivity index (χ2v) is 6.83. The summed E-state index contributed by atoms with van der Waals surface area (Å²) in [5, 5.41) is 15.9. The first kappa shape index (κ1) is 20.1. The number of nitrogens with one attached hydrogen (secondary N) is 2. The Morgan fingerprint density at radius 1 is 1.50 bits per heavy atom. The Balaban J connectivity index is 2.10. The number of amides is 1. The average Bonchev–Trinajstić information content (AvgIpc) is 3.34. The number of aliphatic hydroxyl groups is 1. The summed E-state index contributed by atoms with van der Waals surface area (Å²) in [7, 11) is 1.31. The van der Waals surface area contributed by atoms with E-state index in [-0.39, 0.29) is 30.2 Å². The van der Waals surface area contributed by atoms with Crippen LogP contribution in [0.3, 0.4) is 0 Å². The Kier molecular flexibility index (Phi) is 6.15. The summed E-state index contributed by atoms with van der Waals surface area (Å²) >= 11 is 0. The molecule has 9 nitrogen and oxygen atoms in total. The number of methoxy groups -OCH3 is 1. The zero-order chi connectivity index (χ0) is 20.3. The number of fused-ring (bicyclic) bond motifs is 1. The second-order valence-electron chi connectivity index (χ2n) is 6.83. The van der Waals surface area contributed by atoms with Gasteiger partial charge in [-0.05, 0) is 26.3 Å². The molecule has 0 aliphatic carbocycles. The summed E-state index contributed by atoms with van der Waals surface area (Å²) in [6, 6.07) is 1.65. The van der Waals surface area contributed by atoms with E-state index in [9.17, 15) is 14.7 Å². The number of esters is 1. The summed E-state index contributed by atoms with van der Waals surface area (Å²) in [6.07, 6.45) is 2.28. The van der Waals surface area contributed by atoms with Gasteiger partial charge in [0.05, 0.1) is 43.8 Å². The first-order chi connectivity index (χ1) is 13.5. The van der Waals surface area contributed by atoms with Gasteiger partial charge in [-0.25, -0.2) is 9.78 Å². The number of aliphatic hydroxyl groups excluding tert-OH is 1. The average molecular weight is 390 g/mol. The van der Waals surface area contributed by atoms with E-state index in [1.165, 1.54) is 7.11 Å². The van der Waals surface area contributed by atoms with E-state index in [2.05, 4.69) is 15.6 Å². The van der Waals surface area contributed by atoms with Gasteiger partial charge >= 0.3 is 5.97 Å². The van der Waals surface area contributed by atoms with Gasteiger partial charge in [-0.15, -0.1) is 0 Å². The number of nitrogens with zero attached hydrogens (tertiary/aromatic N) is 2. The maximum Gasteiger partial charge on any atom is 0.356 e. The van der Waals surface area contributed by atoms with Gasteiger partial charge in [-0.1, -0.05) is 0 Å². The van der Waals surface area contributed by atoms with Crippen LogP contribution in [0.15, 0.2) is 12.3 Å². The summed E-state index contributed by atoms with van der Waals surface area (Å²) in [4.78, 5) is 29.7. The van der Waals surface area contributed by atoms with E-state index in [0.717, 1.165) is 0 Å². The zero-order valence-corrected chi connectivity index (χ0v) is 16.3. The molecule has 2 atom stereocenters. The molecule has 1 saturated heterocycles. The van der Waals surface area contributed by atoms with Gasteiger partial charge in [0.1, 0.15) is 5.65 Å². The van der Waals surface area contributed by atoms with Crippen molar-refractivity contribution in [3.63, 3.8) is 0 Å². The molecule has 0 bridgehead atoms. The van der Waals surface area contributed by atoms with Crippen LogP contribution in [0.2, 0.25) is 0 Å². The molecule has 1 fully saturated rings. The summed E-state index contributed by atoms with van der Waals surface area (Å²) < 4.78 is 12.0. The largest absolute Gasteiger partial charge is 0.464 e. The minimum absolute atomic E-state index is 0.0350. The molecule has 0 aromatic carbocycles. The van der Waals surface area contributed by atoms with Gasteiger partial charge in [-0.2, -0.15) is 0 Å². The molecule has 3 rings (SSSR count). The van der Waals surface area contributed by atoms with Crippen molar-refractivity contribution in [1.82, 2.24) is 9.55 Å². The van der Waals surface area contributed by atoms with Gasteiger partial charge in [0.15, 0.2) is 5.69 Å². The van der Waals surface area contributed by atoms with E-state index in [1.54, 1.807) is 10.8 Å². The van der Waals surface area contributed by atoms with E-state index in [0.29, 0.717) is 48.6 Å². The van der Waals surface area contributed by atoms with Crippen molar-refractivity contribution in [1.29, 1.82) is 0 Å². The van der Waals surface area contributed by atoms with Gasteiger partial charge in [0.25, 0.3) is 0 Å². The number of anilines is 2. The van der Waals surface area contributed by atoms with E-state index in [4.69, 9.17) is 9.47 Å². The van der Waals surface area contributed by atoms with Crippen LogP contribution in [0.1, 0.15) is 30.8 Å². The van der Waals surface area contributed by atoms with E-state index < -0.39 is 5.97 Å². The molecule has 1 aliphatic rings. The lowest BCUT2D eigenvalue weighted by molar-refractivity contribution is -0.119. The minimum atomic E-state index is -0.545. The number of carbonyl (C=O) groups is 2. The molecule has 0 radical (unpaired) electrons. The number of hydrogen-bond acceptors (Lipinski definition) is 7. The maximum absolute atomic E-state index is 12.7. The Labute approximate surface area is 163 Å². The van der Waals surface area contributed by atoms with Crippen LogP contribution in [0.4, 0.5) is 11.4 Å². The van der Waals surface area contributed by atoms with E-state index in [1.807, 2.05) is 19.9 Å². The first-order valence-corrected chi connectivity index (χ1v) is 9.36. The second kappa shape index (κ2) is 8.57. The number of pyridine rings is 1. The lowest BCUT2D eigenvalue weighted by Gasteiger charge is -2.13. The molecule has 3 N–H and O–H groups in total. The molecule has 2 aromatic rings. The Hall–Kier alpha value is -2.65. The van der Waals surface area contributed by atoms with Crippen molar-refractivity contribution in [3.05, 3.63) is 18.0 Å². The molecule has 2 unspecified atom stereocenters. The first-order valence-electron chi connectivity index (χ1n) is 9.36. The van der Waals surface area contributed by atoms with Crippen LogP contribution in [0, 0.1) is 5.92 Å². The summed E-state index contributed by atoms with van der Waals surface area (Å²) in [6.45, 7) is 5.09. The number of ether oxygens (including phenoxy) is 2. The third kappa shape index (κ3) is 3.81. The SMILES string of the molecule is CCn1c(C(=O)OC)c(NC(=O)C2CCOC2)c2cc(NC(C)CO)cnc21. The van der Waals surface area contributed by atoms with Gasteiger partial charge in [-0.3, -0.25) is 4.79 Å². The van der Waals surface area contributed by atoms with Crippen LogP contribution >= 0.6 is 0 Å². The number of rotatable bonds is 7. The summed E-state index contributed by atoms with van der Waals surface area (Å²) in [5.74, 6) is -0.995. The number of aryl methyl sites for hydroxylation is 1. The predicted molar refractivity (Wildman–Crippen MR) is 104 cm³/mol. The molecule has 1 amide bonds. The zero-order valence-electron chi connectivity index (χ0n) is 16.3. The van der Waals surface area contributed by atoms with Crippen LogP contribution < -0.4 is 10.6 Å². The molecule has 2 aromatic heterocycles. The molecule has 0 spiro atoms. The normalized spacial score (nSPS) is 17.5. The number of hydrogen-bond donors (Lipinski definition) is 3. The van der Waals surface area contributed by atoms with Crippen LogP contribution in [-0.2, 0) is 20.8 Å². The number of aromatic nitrogens is 2. The predicted octanol–water partition coefficient (Wildman–Crippen LogP) is 1.61. The monoisotopic (exact) mass is 390 g/mol. The smallest absolute Gasteiger partial charge is 0.356 e. The highest BCUT2D eigenvalue weighted by Gasteiger charge is 2.29. The molecule has 3 heterocycles. The molecule has 9 heteroatoms. The van der Waals surface area contributed by atoms with E-state index >= 15 is 0 Å². The van der Waals surface area contributed by atoms with Crippen LogP contribution in [0.5, 0.6) is 0 Å². The lowest BCUT2D eigenvalue weighted by Crippen LogP contribution is -2.24. The van der Waals surface area contributed by atoms with Crippen LogP contribution in [0.25, 0.3) is 11.0 Å². The molecule has 152 valence electrons. The van der Waals surface area contributed by atoms with Gasteiger partial charge < -0.3 is 29.8 Å². The Bertz CT molecular complexity index is 873. The minimum Gasteiger partial charge on any atom is -0.464 e. The Morgan fingerprint density at radius 3 is 2.89 bits per heavy atom. The highest BCUT2D eigenvalue weighted by molar-refractivity contribution is 6.11. The standard InChI is InChI=1S/C19H26N4O5/c1-4-23-16(19(26)27-3)15(22-18(25)12-5-6-28-10-12)14-7-13(8-20-17(14)23)21-11(2)9-24/h7-8,11-12,21,24H,4-6,9-10H2,1-3H3,(H,22,25). The summed E-state index contributed by atoms with van der Waals surface area (Å²) in [5.41, 5.74) is 1.89. The molecule has 28 heavy (non-hydrogen) atoms. The lowest BCUT2D eigenvalue weighted by atomic mass is 10.1. The van der Waals surface area contributed by atoms with Crippen molar-refractivity contribution >= 4 is 34.3 Å². The third-order valence-corrected chi connectivity index (χ3v) is 4.83. The van der Waals surface area contributed by atoms with Crippen molar-refractivity contribution in [2.24, 2.45) is 5.92 Å². The fraction of sp³-hybridized carbons (Fsp3) is 0.526. The molecular weight excluding hydrogens is 364 g/mol. The molecule has 0 saturated carbocycles. The van der Waals surface area contributed by atoms with Gasteiger partial charge in [0.2, 0.25) is 5.91 Å². The third-order valence-electron chi connectivity index (χ3n) is 4.83. The van der Waals surface area contributed by atoms with Crippen molar-refractivity contribution in [3.8, 4) is 0 Å². The van der Waals surface area contributed by atoms with Crippen molar-refractivity contribution in [2.45, 2.75) is 32.9 Å². The maximum atomic E-state index is 12.7. The highest BCUT2D eigenvalue weighted by Crippen LogP contribution is 2.33. The number of carbonyl (C=O) groups excluding carboxylic acids is 2. The fourth-order valence-electron chi connectivity index (χ4n) is 3.34. The fourth-order valence-corrected chi connectivity index (χ4v) is 3.34. The quantitative estimate of drug-likeness (QED) is 0.615. The van der Waals surface area contributed by atoms with Gasteiger partial charge in [0, 0.05) is 24.6 Å². The molecular formula is C19H26N4O5. The topological polar surface area (TPSA) is 115 Å².